The summed E-state index contributed by atoms with van der Waals surface area (Å²) in [5.41, 5.74) is -0.248. The first kappa shape index (κ1) is 15.1. The van der Waals surface area contributed by atoms with E-state index in [2.05, 4.69) is 0 Å². The van der Waals surface area contributed by atoms with Crippen molar-refractivity contribution in [2.45, 2.75) is 0 Å². The van der Waals surface area contributed by atoms with E-state index in [9.17, 15) is 9.18 Å². The highest BCUT2D eigenvalue weighted by Gasteiger charge is 2.18. The monoisotopic (exact) mass is 310 g/mol. The zero-order valence-electron chi connectivity index (χ0n) is 11.4. The minimum atomic E-state index is -0.837. The SMILES string of the molecule is COc1cc(F)c(C(=O)Oc2ccc(Cl)cc2)cc1OC. The van der Waals surface area contributed by atoms with E-state index in [0.717, 1.165) is 6.07 Å². The number of ether oxygens (including phenoxy) is 3. The van der Waals surface area contributed by atoms with Crippen LogP contribution in [0.25, 0.3) is 0 Å². The van der Waals surface area contributed by atoms with Gasteiger partial charge >= 0.3 is 5.97 Å². The normalized spacial score (nSPS) is 10.1. The Balaban J connectivity index is 2.28. The molecular formula is C15H12ClFO4. The van der Waals surface area contributed by atoms with Crippen LogP contribution in [0.5, 0.6) is 17.2 Å². The predicted octanol–water partition coefficient (Wildman–Crippen LogP) is 3.72. The maximum Gasteiger partial charge on any atom is 0.346 e. The van der Waals surface area contributed by atoms with Gasteiger partial charge in [0, 0.05) is 17.2 Å². The molecule has 0 amide bonds. The van der Waals surface area contributed by atoms with Gasteiger partial charge in [0.2, 0.25) is 0 Å². The maximum absolute atomic E-state index is 13.9. The van der Waals surface area contributed by atoms with Crippen LogP contribution in [-0.2, 0) is 0 Å². The van der Waals surface area contributed by atoms with Gasteiger partial charge in [0.1, 0.15) is 11.6 Å². The molecule has 0 radical (unpaired) electrons. The van der Waals surface area contributed by atoms with E-state index < -0.39 is 11.8 Å². The van der Waals surface area contributed by atoms with Crippen LogP contribution < -0.4 is 14.2 Å². The molecule has 0 aromatic heterocycles. The van der Waals surface area contributed by atoms with Gasteiger partial charge < -0.3 is 14.2 Å². The largest absolute Gasteiger partial charge is 0.493 e. The molecule has 4 nitrogen and oxygen atoms in total. The summed E-state index contributed by atoms with van der Waals surface area (Å²) in [4.78, 5) is 12.0. The quantitative estimate of drug-likeness (QED) is 0.638. The number of carbonyl (C=O) groups excluding carboxylic acids is 1. The number of carbonyl (C=O) groups is 1. The highest BCUT2D eigenvalue weighted by molar-refractivity contribution is 6.30. The summed E-state index contributed by atoms with van der Waals surface area (Å²) in [6.45, 7) is 0. The van der Waals surface area contributed by atoms with Crippen molar-refractivity contribution < 1.29 is 23.4 Å². The van der Waals surface area contributed by atoms with E-state index in [1.165, 1.54) is 32.4 Å². The van der Waals surface area contributed by atoms with Crippen LogP contribution in [0.1, 0.15) is 10.4 Å². The first-order chi connectivity index (χ1) is 10.0. The molecule has 0 aliphatic rings. The van der Waals surface area contributed by atoms with Crippen molar-refractivity contribution in [2.24, 2.45) is 0 Å². The molecular weight excluding hydrogens is 299 g/mol. The van der Waals surface area contributed by atoms with Crippen LogP contribution in [0.15, 0.2) is 36.4 Å². The van der Waals surface area contributed by atoms with Gasteiger partial charge in [-0.2, -0.15) is 0 Å². The third-order valence-electron chi connectivity index (χ3n) is 2.72. The lowest BCUT2D eigenvalue weighted by Gasteiger charge is -2.10. The fourth-order valence-corrected chi connectivity index (χ4v) is 1.80. The molecule has 2 aromatic carbocycles. The van der Waals surface area contributed by atoms with Crippen molar-refractivity contribution in [3.05, 3.63) is 52.8 Å². The smallest absolute Gasteiger partial charge is 0.346 e. The number of rotatable bonds is 4. The molecule has 6 heteroatoms. The number of hydrogen-bond donors (Lipinski definition) is 0. The van der Waals surface area contributed by atoms with Crippen molar-refractivity contribution in [1.29, 1.82) is 0 Å². The van der Waals surface area contributed by atoms with E-state index in [-0.39, 0.29) is 22.8 Å². The average molecular weight is 311 g/mol. The number of benzene rings is 2. The van der Waals surface area contributed by atoms with E-state index in [1.54, 1.807) is 12.1 Å². The van der Waals surface area contributed by atoms with Crippen LogP contribution in [-0.4, -0.2) is 20.2 Å². The Labute approximate surface area is 126 Å². The summed E-state index contributed by atoms with van der Waals surface area (Å²) in [5, 5.41) is 0.507. The van der Waals surface area contributed by atoms with E-state index >= 15 is 0 Å². The molecule has 0 saturated heterocycles. The van der Waals surface area contributed by atoms with Gasteiger partial charge in [0.25, 0.3) is 0 Å². The first-order valence-electron chi connectivity index (χ1n) is 5.94. The summed E-state index contributed by atoms with van der Waals surface area (Å²) >= 11 is 5.73. The molecule has 2 aromatic rings. The molecule has 0 N–H and O–H groups in total. The summed E-state index contributed by atoms with van der Waals surface area (Å²) in [5.74, 6) is -0.902. The lowest BCUT2D eigenvalue weighted by atomic mass is 10.2. The Morgan fingerprint density at radius 2 is 1.62 bits per heavy atom. The molecule has 0 aliphatic carbocycles. The average Bonchev–Trinajstić information content (AvgIpc) is 2.49. The third-order valence-corrected chi connectivity index (χ3v) is 2.97. The second kappa shape index (κ2) is 6.45. The minimum absolute atomic E-state index is 0.193. The van der Waals surface area contributed by atoms with Crippen molar-refractivity contribution in [3.8, 4) is 17.2 Å². The first-order valence-corrected chi connectivity index (χ1v) is 6.32. The summed E-state index contributed by atoms with van der Waals surface area (Å²) in [6, 6.07) is 8.45. The molecule has 0 bridgehead atoms. The fourth-order valence-electron chi connectivity index (χ4n) is 1.68. The van der Waals surface area contributed by atoms with Crippen LogP contribution >= 0.6 is 11.6 Å². The van der Waals surface area contributed by atoms with Crippen LogP contribution in [0, 0.1) is 5.82 Å². The molecule has 0 unspecified atom stereocenters. The summed E-state index contributed by atoms with van der Waals surface area (Å²) in [7, 11) is 2.77. The molecule has 0 fully saturated rings. The lowest BCUT2D eigenvalue weighted by Crippen LogP contribution is -2.11. The molecule has 0 atom stereocenters. The molecule has 0 saturated carbocycles. The second-order valence-electron chi connectivity index (χ2n) is 4.03. The zero-order valence-corrected chi connectivity index (χ0v) is 12.1. The molecule has 0 aliphatic heterocycles. The van der Waals surface area contributed by atoms with Crippen molar-refractivity contribution in [1.82, 2.24) is 0 Å². The van der Waals surface area contributed by atoms with Crippen LogP contribution in [0.4, 0.5) is 4.39 Å². The van der Waals surface area contributed by atoms with E-state index in [0.29, 0.717) is 5.02 Å². The Kier molecular flexibility index (Phi) is 4.65. The van der Waals surface area contributed by atoms with Gasteiger partial charge in [0.05, 0.1) is 19.8 Å². The van der Waals surface area contributed by atoms with Crippen LogP contribution in [0.3, 0.4) is 0 Å². The third kappa shape index (κ3) is 3.44. The maximum atomic E-state index is 13.9. The van der Waals surface area contributed by atoms with Crippen molar-refractivity contribution in [2.75, 3.05) is 14.2 Å². The number of halogens is 2. The summed E-state index contributed by atoms with van der Waals surface area (Å²) < 4.78 is 29.0. The molecule has 2 rings (SSSR count). The molecule has 21 heavy (non-hydrogen) atoms. The van der Waals surface area contributed by atoms with Gasteiger partial charge in [0.15, 0.2) is 11.5 Å². The van der Waals surface area contributed by atoms with Gasteiger partial charge in [-0.1, -0.05) is 11.6 Å². The molecule has 0 spiro atoms. The van der Waals surface area contributed by atoms with E-state index in [1.807, 2.05) is 0 Å². The zero-order chi connectivity index (χ0) is 15.4. The van der Waals surface area contributed by atoms with Gasteiger partial charge in [-0.25, -0.2) is 9.18 Å². The van der Waals surface area contributed by atoms with Crippen LogP contribution in [0.2, 0.25) is 5.02 Å². The Morgan fingerprint density at radius 1 is 1.05 bits per heavy atom. The number of methoxy groups -OCH3 is 2. The fraction of sp³-hybridized carbons (Fsp3) is 0.133. The Bertz CT molecular complexity index is 655. The second-order valence-corrected chi connectivity index (χ2v) is 4.47. The van der Waals surface area contributed by atoms with Crippen molar-refractivity contribution >= 4 is 17.6 Å². The standard InChI is InChI=1S/C15H12ClFO4/c1-19-13-7-11(12(17)8-14(13)20-2)15(18)21-10-5-3-9(16)4-6-10/h3-8H,1-2H3. The molecule has 0 heterocycles. The highest BCUT2D eigenvalue weighted by Crippen LogP contribution is 2.30. The highest BCUT2D eigenvalue weighted by atomic mass is 35.5. The minimum Gasteiger partial charge on any atom is -0.493 e. The summed E-state index contributed by atoms with van der Waals surface area (Å²) in [6.07, 6.45) is 0. The van der Waals surface area contributed by atoms with E-state index in [4.69, 9.17) is 25.8 Å². The Morgan fingerprint density at radius 3 is 2.19 bits per heavy atom. The predicted molar refractivity (Wildman–Crippen MR) is 75.9 cm³/mol. The van der Waals surface area contributed by atoms with Gasteiger partial charge in [-0.05, 0) is 24.3 Å². The van der Waals surface area contributed by atoms with Gasteiger partial charge in [-0.15, -0.1) is 0 Å². The number of hydrogen-bond acceptors (Lipinski definition) is 4. The van der Waals surface area contributed by atoms with Crippen molar-refractivity contribution in [3.63, 3.8) is 0 Å². The Hall–Kier alpha value is -2.27. The molecule has 110 valence electrons. The topological polar surface area (TPSA) is 44.8 Å². The lowest BCUT2D eigenvalue weighted by molar-refractivity contribution is 0.0729. The van der Waals surface area contributed by atoms with Gasteiger partial charge in [-0.3, -0.25) is 0 Å². The number of esters is 1.